The van der Waals surface area contributed by atoms with E-state index in [4.69, 9.17) is 4.98 Å². The SMILES string of the molecule is C1=CC2=CC(n3c4ccccc4c4cc5c6ccccc6n(C6C=C7C=CC=CC7S6)c5nc43)SC2C=C1. The Balaban J connectivity index is 1.34. The van der Waals surface area contributed by atoms with Gasteiger partial charge in [0.05, 0.1) is 21.5 Å². The Morgan fingerprint density at radius 3 is 1.58 bits per heavy atom. The molecule has 5 heterocycles. The molecule has 0 spiro atoms. The van der Waals surface area contributed by atoms with Gasteiger partial charge in [0.2, 0.25) is 0 Å². The lowest BCUT2D eigenvalue weighted by molar-refractivity contribution is 0.848. The van der Waals surface area contributed by atoms with E-state index in [2.05, 4.69) is 124 Å². The number of fused-ring (bicyclic) bond motifs is 8. The zero-order valence-corrected chi connectivity index (χ0v) is 22.1. The van der Waals surface area contributed by atoms with Crippen LogP contribution in [0.25, 0.3) is 43.9 Å². The Hall–Kier alpha value is -3.67. The molecular formula is C33H23N3S2. The van der Waals surface area contributed by atoms with Crippen molar-refractivity contribution >= 4 is 67.4 Å². The van der Waals surface area contributed by atoms with E-state index in [9.17, 15) is 0 Å². The van der Waals surface area contributed by atoms with Gasteiger partial charge >= 0.3 is 0 Å². The zero-order valence-electron chi connectivity index (χ0n) is 20.4. The van der Waals surface area contributed by atoms with E-state index in [0.717, 1.165) is 11.3 Å². The van der Waals surface area contributed by atoms with Crippen molar-refractivity contribution in [1.82, 2.24) is 14.1 Å². The minimum Gasteiger partial charge on any atom is -0.309 e. The molecule has 5 heteroatoms. The number of thioether (sulfide) groups is 2. The second kappa shape index (κ2) is 7.92. The van der Waals surface area contributed by atoms with Crippen LogP contribution in [-0.2, 0) is 0 Å². The lowest BCUT2D eigenvalue weighted by Gasteiger charge is -2.16. The number of hydrogen-bond acceptors (Lipinski definition) is 3. The minimum absolute atomic E-state index is 0.202. The highest BCUT2D eigenvalue weighted by molar-refractivity contribution is 8.01. The van der Waals surface area contributed by atoms with Crippen LogP contribution in [0.3, 0.4) is 0 Å². The Bertz CT molecular complexity index is 1870. The normalized spacial score (nSPS) is 25.6. The maximum absolute atomic E-state index is 5.54. The summed E-state index contributed by atoms with van der Waals surface area (Å²) in [5, 5.41) is 6.22. The van der Waals surface area contributed by atoms with E-state index in [1.165, 1.54) is 43.7 Å². The van der Waals surface area contributed by atoms with Gasteiger partial charge in [-0.3, -0.25) is 0 Å². The summed E-state index contributed by atoms with van der Waals surface area (Å²) < 4.78 is 4.94. The van der Waals surface area contributed by atoms with E-state index < -0.39 is 0 Å². The molecule has 9 rings (SSSR count). The third-order valence-corrected chi connectivity index (χ3v) is 10.8. The van der Waals surface area contributed by atoms with Crippen molar-refractivity contribution in [3.8, 4) is 0 Å². The third-order valence-electron chi connectivity index (χ3n) is 8.13. The van der Waals surface area contributed by atoms with Crippen LogP contribution in [0.1, 0.15) is 10.7 Å². The molecule has 2 aliphatic heterocycles. The topological polar surface area (TPSA) is 22.8 Å². The maximum atomic E-state index is 5.54. The van der Waals surface area contributed by atoms with Crippen molar-refractivity contribution in [3.05, 3.63) is 127 Å². The molecule has 0 saturated carbocycles. The van der Waals surface area contributed by atoms with Gasteiger partial charge in [0.15, 0.2) is 0 Å². The lowest BCUT2D eigenvalue weighted by Crippen LogP contribution is -2.06. The summed E-state index contributed by atoms with van der Waals surface area (Å²) in [7, 11) is 0. The Kier molecular flexibility index (Phi) is 4.43. The summed E-state index contributed by atoms with van der Waals surface area (Å²) in [5.41, 5.74) is 7.41. The van der Waals surface area contributed by atoms with E-state index in [0.29, 0.717) is 10.5 Å². The van der Waals surface area contributed by atoms with Crippen molar-refractivity contribution in [2.45, 2.75) is 21.2 Å². The monoisotopic (exact) mass is 525 g/mol. The smallest absolute Gasteiger partial charge is 0.144 e. The molecule has 0 N–H and O–H groups in total. The Morgan fingerprint density at radius 1 is 0.579 bits per heavy atom. The maximum Gasteiger partial charge on any atom is 0.144 e. The fourth-order valence-electron chi connectivity index (χ4n) is 6.43. The van der Waals surface area contributed by atoms with Gasteiger partial charge in [-0.2, -0.15) is 0 Å². The van der Waals surface area contributed by atoms with Gasteiger partial charge in [-0.1, -0.05) is 85.0 Å². The number of hydrogen-bond donors (Lipinski definition) is 0. The molecule has 38 heavy (non-hydrogen) atoms. The highest BCUT2D eigenvalue weighted by atomic mass is 32.2. The average Bonchev–Trinajstić information content (AvgIpc) is 3.71. The Morgan fingerprint density at radius 2 is 1.08 bits per heavy atom. The van der Waals surface area contributed by atoms with Crippen LogP contribution in [-0.4, -0.2) is 24.6 Å². The number of aromatic nitrogens is 3. The van der Waals surface area contributed by atoms with Gasteiger partial charge in [-0.05, 0) is 41.5 Å². The number of nitrogens with zero attached hydrogens (tertiary/aromatic N) is 3. The van der Waals surface area contributed by atoms with E-state index in [1.807, 2.05) is 23.5 Å². The van der Waals surface area contributed by atoms with Crippen LogP contribution in [0.4, 0.5) is 0 Å². The predicted octanol–water partition coefficient (Wildman–Crippen LogP) is 8.63. The molecule has 0 radical (unpaired) electrons. The van der Waals surface area contributed by atoms with E-state index in [-0.39, 0.29) is 10.7 Å². The molecule has 0 amide bonds. The molecule has 0 saturated heterocycles. The molecular weight excluding hydrogens is 503 g/mol. The highest BCUT2D eigenvalue weighted by Gasteiger charge is 2.31. The van der Waals surface area contributed by atoms with Crippen LogP contribution >= 0.6 is 23.5 Å². The lowest BCUT2D eigenvalue weighted by atomic mass is 10.1. The molecule has 2 aromatic carbocycles. The Labute approximate surface area is 228 Å². The highest BCUT2D eigenvalue weighted by Crippen LogP contribution is 2.49. The molecule has 2 aliphatic carbocycles. The molecule has 4 unspecified atom stereocenters. The predicted molar refractivity (Wildman–Crippen MR) is 164 cm³/mol. The van der Waals surface area contributed by atoms with Crippen molar-refractivity contribution < 1.29 is 0 Å². The molecule has 3 nitrogen and oxygen atoms in total. The fourth-order valence-corrected chi connectivity index (χ4v) is 9.16. The third kappa shape index (κ3) is 2.92. The molecule has 4 atom stereocenters. The van der Waals surface area contributed by atoms with Gasteiger partial charge in [0, 0.05) is 21.5 Å². The minimum atomic E-state index is 0.202. The number of pyridine rings is 1. The molecule has 4 aliphatic rings. The van der Waals surface area contributed by atoms with Crippen molar-refractivity contribution in [3.63, 3.8) is 0 Å². The molecule has 0 bridgehead atoms. The fraction of sp³-hybridized carbons (Fsp3) is 0.121. The summed E-state index contributed by atoms with van der Waals surface area (Å²) >= 11 is 3.98. The molecule has 182 valence electrons. The van der Waals surface area contributed by atoms with Gasteiger partial charge in [-0.25, -0.2) is 4.98 Å². The van der Waals surface area contributed by atoms with Gasteiger partial charge < -0.3 is 9.13 Å². The van der Waals surface area contributed by atoms with Crippen LogP contribution in [0.2, 0.25) is 0 Å². The number of rotatable bonds is 2. The van der Waals surface area contributed by atoms with E-state index in [1.54, 1.807) is 0 Å². The summed E-state index contributed by atoms with van der Waals surface area (Å²) in [6.45, 7) is 0. The van der Waals surface area contributed by atoms with Gasteiger partial charge in [0.1, 0.15) is 22.0 Å². The van der Waals surface area contributed by atoms with Crippen LogP contribution in [0.5, 0.6) is 0 Å². The number of allylic oxidation sites excluding steroid dienone is 6. The van der Waals surface area contributed by atoms with Crippen LogP contribution in [0.15, 0.2) is 127 Å². The summed E-state index contributed by atoms with van der Waals surface area (Å²) in [6.07, 6.45) is 22.6. The van der Waals surface area contributed by atoms with Crippen LogP contribution in [0, 0.1) is 0 Å². The van der Waals surface area contributed by atoms with E-state index >= 15 is 0 Å². The second-order valence-corrected chi connectivity index (χ2v) is 12.7. The number of benzene rings is 2. The van der Waals surface area contributed by atoms with Gasteiger partial charge in [-0.15, -0.1) is 23.5 Å². The first-order valence-electron chi connectivity index (χ1n) is 13.1. The standard InChI is InChI=1S/C33H23N3S2/c1-7-15-28-20(9-1)17-30(37-28)35-26-13-5-3-11-22(26)24-19-25-23-12-4-6-14-27(23)36(33(25)34-32(24)35)31-18-21-10-2-8-16-29(21)38-31/h1-19,28-31H. The summed E-state index contributed by atoms with van der Waals surface area (Å²) in [4.78, 5) is 5.54. The quantitative estimate of drug-likeness (QED) is 0.230. The van der Waals surface area contributed by atoms with Crippen molar-refractivity contribution in [2.24, 2.45) is 0 Å². The number of para-hydroxylation sites is 2. The summed E-state index contributed by atoms with van der Waals surface area (Å²) in [5.74, 6) is 0. The average molecular weight is 526 g/mol. The first kappa shape index (κ1) is 21.3. The molecule has 0 fully saturated rings. The second-order valence-electron chi connectivity index (χ2n) is 10.2. The van der Waals surface area contributed by atoms with Crippen molar-refractivity contribution in [1.29, 1.82) is 0 Å². The largest absolute Gasteiger partial charge is 0.309 e. The first-order valence-corrected chi connectivity index (χ1v) is 15.0. The zero-order chi connectivity index (χ0) is 24.8. The summed E-state index contributed by atoms with van der Waals surface area (Å²) in [6, 6.07) is 20.0. The molecule has 5 aromatic rings. The van der Waals surface area contributed by atoms with Gasteiger partial charge in [0.25, 0.3) is 0 Å². The van der Waals surface area contributed by atoms with Crippen molar-refractivity contribution in [2.75, 3.05) is 0 Å². The first-order chi connectivity index (χ1) is 18.8. The molecule has 3 aromatic heterocycles. The van der Waals surface area contributed by atoms with Crippen LogP contribution < -0.4 is 0 Å².